The first-order valence-electron chi connectivity index (χ1n) is 4.91. The molecule has 0 fully saturated rings. The van der Waals surface area contributed by atoms with E-state index < -0.39 is 0 Å². The molecule has 0 radical (unpaired) electrons. The van der Waals surface area contributed by atoms with Gasteiger partial charge >= 0.3 is 0 Å². The Hall–Kier alpha value is -1.07. The van der Waals surface area contributed by atoms with Crippen molar-refractivity contribution in [2.75, 3.05) is 5.73 Å². The first kappa shape index (κ1) is 12.4. The van der Waals surface area contributed by atoms with Gasteiger partial charge in [0.05, 0.1) is 16.7 Å². The zero-order chi connectivity index (χ0) is 12.6. The Morgan fingerprint density at radius 2 is 2.24 bits per heavy atom. The molecule has 0 bridgehead atoms. The Balaban J connectivity index is 2.34. The molecular weight excluding hydrogens is 308 g/mol. The molecule has 1 aromatic carbocycles. The van der Waals surface area contributed by atoms with Gasteiger partial charge in [0.1, 0.15) is 11.6 Å². The largest absolute Gasteiger partial charge is 0.383 e. The highest BCUT2D eigenvalue weighted by atomic mass is 79.9. The molecule has 0 amide bonds. The van der Waals surface area contributed by atoms with E-state index >= 15 is 0 Å². The van der Waals surface area contributed by atoms with Crippen LogP contribution in [0.2, 0.25) is 5.02 Å². The Kier molecular flexibility index (Phi) is 3.40. The predicted octanol–water partition coefficient (Wildman–Crippen LogP) is 3.38. The summed E-state index contributed by atoms with van der Waals surface area (Å²) in [6.07, 6.45) is 0. The van der Waals surface area contributed by atoms with Gasteiger partial charge in [-0.2, -0.15) is 5.10 Å². The fourth-order valence-electron chi connectivity index (χ4n) is 1.51. The quantitative estimate of drug-likeness (QED) is 0.922. The van der Waals surface area contributed by atoms with Gasteiger partial charge in [0.2, 0.25) is 0 Å². The summed E-state index contributed by atoms with van der Waals surface area (Å²) in [5, 5.41) is 4.63. The van der Waals surface area contributed by atoms with Crippen LogP contribution < -0.4 is 5.73 Å². The van der Waals surface area contributed by atoms with Crippen LogP contribution in [-0.2, 0) is 6.54 Å². The van der Waals surface area contributed by atoms with Crippen molar-refractivity contribution in [2.45, 2.75) is 13.5 Å². The van der Waals surface area contributed by atoms with E-state index in [1.165, 1.54) is 12.1 Å². The van der Waals surface area contributed by atoms with Crippen LogP contribution in [0.4, 0.5) is 10.2 Å². The van der Waals surface area contributed by atoms with E-state index in [4.69, 9.17) is 17.3 Å². The Morgan fingerprint density at radius 3 is 2.76 bits per heavy atom. The maximum atomic E-state index is 12.9. The normalized spacial score (nSPS) is 10.8. The summed E-state index contributed by atoms with van der Waals surface area (Å²) >= 11 is 9.29. The Morgan fingerprint density at radius 1 is 1.53 bits per heavy atom. The number of rotatable bonds is 2. The standard InChI is InChI=1S/C11H10BrClFN3/c1-6-10(12)11(15)17(16-6)5-7-2-3-8(14)4-9(7)13/h2-4H,5,15H2,1H3. The van der Waals surface area contributed by atoms with Crippen molar-refractivity contribution in [3.8, 4) is 0 Å². The Labute approximate surface area is 112 Å². The van der Waals surface area contributed by atoms with Crippen molar-refractivity contribution in [3.05, 3.63) is 44.8 Å². The molecule has 3 nitrogen and oxygen atoms in total. The third-order valence-electron chi connectivity index (χ3n) is 2.43. The monoisotopic (exact) mass is 317 g/mol. The molecule has 0 saturated heterocycles. The van der Waals surface area contributed by atoms with Gasteiger partial charge in [-0.05, 0) is 40.5 Å². The molecule has 90 valence electrons. The van der Waals surface area contributed by atoms with Crippen LogP contribution in [0, 0.1) is 12.7 Å². The van der Waals surface area contributed by atoms with E-state index in [0.29, 0.717) is 17.4 Å². The fraction of sp³-hybridized carbons (Fsp3) is 0.182. The van der Waals surface area contributed by atoms with E-state index in [1.807, 2.05) is 6.92 Å². The van der Waals surface area contributed by atoms with Crippen molar-refractivity contribution in [1.29, 1.82) is 0 Å². The topological polar surface area (TPSA) is 43.8 Å². The number of benzene rings is 1. The molecule has 0 spiro atoms. The maximum Gasteiger partial charge on any atom is 0.136 e. The van der Waals surface area contributed by atoms with Crippen molar-refractivity contribution < 1.29 is 4.39 Å². The molecule has 2 N–H and O–H groups in total. The third kappa shape index (κ3) is 2.45. The summed E-state index contributed by atoms with van der Waals surface area (Å²) in [5.41, 5.74) is 7.45. The zero-order valence-corrected chi connectivity index (χ0v) is 11.4. The lowest BCUT2D eigenvalue weighted by Gasteiger charge is -2.06. The van der Waals surface area contributed by atoms with Crippen LogP contribution in [0.5, 0.6) is 0 Å². The van der Waals surface area contributed by atoms with E-state index in [1.54, 1.807) is 10.7 Å². The van der Waals surface area contributed by atoms with Gasteiger partial charge in [-0.15, -0.1) is 0 Å². The van der Waals surface area contributed by atoms with Gasteiger partial charge in [0, 0.05) is 5.02 Å². The molecule has 0 aliphatic carbocycles. The number of hydrogen-bond donors (Lipinski definition) is 1. The van der Waals surface area contributed by atoms with Gasteiger partial charge in [0.25, 0.3) is 0 Å². The Bertz CT molecular complexity index is 568. The predicted molar refractivity (Wildman–Crippen MR) is 69.6 cm³/mol. The first-order valence-corrected chi connectivity index (χ1v) is 6.08. The number of aryl methyl sites for hydroxylation is 1. The second kappa shape index (κ2) is 4.66. The first-order chi connectivity index (χ1) is 7.99. The number of hydrogen-bond acceptors (Lipinski definition) is 2. The van der Waals surface area contributed by atoms with Crippen molar-refractivity contribution in [1.82, 2.24) is 9.78 Å². The van der Waals surface area contributed by atoms with Crippen LogP contribution in [0.25, 0.3) is 0 Å². The minimum Gasteiger partial charge on any atom is -0.383 e. The van der Waals surface area contributed by atoms with Crippen LogP contribution >= 0.6 is 27.5 Å². The van der Waals surface area contributed by atoms with Crippen LogP contribution in [0.3, 0.4) is 0 Å². The summed E-state index contributed by atoms with van der Waals surface area (Å²) in [5.74, 6) is 0.174. The molecule has 0 unspecified atom stereocenters. The maximum absolute atomic E-state index is 12.9. The molecule has 0 saturated carbocycles. The highest BCUT2D eigenvalue weighted by Gasteiger charge is 2.11. The molecule has 2 rings (SSSR count). The molecule has 2 aromatic rings. The average molecular weight is 319 g/mol. The average Bonchev–Trinajstić information content (AvgIpc) is 2.50. The van der Waals surface area contributed by atoms with Gasteiger partial charge in [-0.25, -0.2) is 9.07 Å². The summed E-state index contributed by atoms with van der Waals surface area (Å²) in [7, 11) is 0. The number of aromatic nitrogens is 2. The molecule has 1 aromatic heterocycles. The van der Waals surface area contributed by atoms with Gasteiger partial charge in [0.15, 0.2) is 0 Å². The molecule has 0 aliphatic rings. The lowest BCUT2D eigenvalue weighted by molar-refractivity contribution is 0.624. The van der Waals surface area contributed by atoms with E-state index in [0.717, 1.165) is 15.7 Å². The van der Waals surface area contributed by atoms with Crippen molar-refractivity contribution in [2.24, 2.45) is 0 Å². The highest BCUT2D eigenvalue weighted by molar-refractivity contribution is 9.10. The molecule has 17 heavy (non-hydrogen) atoms. The SMILES string of the molecule is Cc1nn(Cc2ccc(F)cc2Cl)c(N)c1Br. The summed E-state index contributed by atoms with van der Waals surface area (Å²) in [6.45, 7) is 2.26. The van der Waals surface area contributed by atoms with Crippen LogP contribution in [0.15, 0.2) is 22.7 Å². The van der Waals surface area contributed by atoms with Crippen molar-refractivity contribution in [3.63, 3.8) is 0 Å². The number of nitrogen functional groups attached to an aromatic ring is 1. The van der Waals surface area contributed by atoms with Gasteiger partial charge < -0.3 is 5.73 Å². The molecule has 6 heteroatoms. The smallest absolute Gasteiger partial charge is 0.136 e. The number of halogens is 3. The van der Waals surface area contributed by atoms with Gasteiger partial charge in [-0.1, -0.05) is 17.7 Å². The van der Waals surface area contributed by atoms with Crippen LogP contribution in [-0.4, -0.2) is 9.78 Å². The lowest BCUT2D eigenvalue weighted by Crippen LogP contribution is -2.06. The number of anilines is 1. The second-order valence-electron chi connectivity index (χ2n) is 3.68. The van der Waals surface area contributed by atoms with Crippen molar-refractivity contribution >= 4 is 33.3 Å². The van der Waals surface area contributed by atoms with E-state index in [2.05, 4.69) is 21.0 Å². The molecular formula is C11H10BrClFN3. The summed E-state index contributed by atoms with van der Waals surface area (Å²) in [4.78, 5) is 0. The second-order valence-corrected chi connectivity index (χ2v) is 4.88. The zero-order valence-electron chi connectivity index (χ0n) is 9.04. The summed E-state index contributed by atoms with van der Waals surface area (Å²) in [6, 6.07) is 4.27. The molecule has 0 atom stereocenters. The minimum atomic E-state index is -0.357. The van der Waals surface area contributed by atoms with Gasteiger partial charge in [-0.3, -0.25) is 0 Å². The summed E-state index contributed by atoms with van der Waals surface area (Å²) < 4.78 is 15.3. The van der Waals surface area contributed by atoms with E-state index in [9.17, 15) is 4.39 Å². The third-order valence-corrected chi connectivity index (χ3v) is 3.76. The number of nitrogens with two attached hydrogens (primary N) is 1. The number of nitrogens with zero attached hydrogens (tertiary/aromatic N) is 2. The van der Waals surface area contributed by atoms with Crippen LogP contribution in [0.1, 0.15) is 11.3 Å². The molecule has 0 aliphatic heterocycles. The van der Waals surface area contributed by atoms with E-state index in [-0.39, 0.29) is 5.82 Å². The molecule has 1 heterocycles. The fourth-order valence-corrected chi connectivity index (χ4v) is 2.02. The lowest BCUT2D eigenvalue weighted by atomic mass is 10.2. The minimum absolute atomic E-state index is 0.357. The highest BCUT2D eigenvalue weighted by Crippen LogP contribution is 2.25.